The summed E-state index contributed by atoms with van der Waals surface area (Å²) in [7, 11) is 0. The molecule has 0 aromatic heterocycles. The first-order chi connectivity index (χ1) is 14.1. The van der Waals surface area contributed by atoms with Gasteiger partial charge in [-0.05, 0) is 50.3 Å². The summed E-state index contributed by atoms with van der Waals surface area (Å²) in [5, 5.41) is 10.8. The Balaban J connectivity index is 1.74. The van der Waals surface area contributed by atoms with E-state index >= 15 is 0 Å². The zero-order valence-corrected chi connectivity index (χ0v) is 16.9. The predicted molar refractivity (Wildman–Crippen MR) is 103 cm³/mol. The maximum Gasteiger partial charge on any atom is 0.322 e. The molecule has 0 spiro atoms. The van der Waals surface area contributed by atoms with Crippen molar-refractivity contribution in [2.24, 2.45) is 11.8 Å². The maximum absolute atomic E-state index is 14.4. The molecule has 0 radical (unpaired) electrons. The van der Waals surface area contributed by atoms with Gasteiger partial charge in [0.05, 0.1) is 6.61 Å². The summed E-state index contributed by atoms with van der Waals surface area (Å²) in [6, 6.07) is 4.43. The number of ketones is 1. The van der Waals surface area contributed by atoms with E-state index in [2.05, 4.69) is 5.32 Å². The molecule has 162 valence electrons. The Morgan fingerprint density at radius 3 is 2.60 bits per heavy atom. The molecule has 1 saturated carbocycles. The minimum Gasteiger partial charge on any atom is -0.490 e. The number of piperidine rings is 1. The van der Waals surface area contributed by atoms with Crippen LogP contribution in [0.15, 0.2) is 18.2 Å². The van der Waals surface area contributed by atoms with Crippen LogP contribution in [0.2, 0.25) is 0 Å². The number of likely N-dealkylation sites (tertiary alicyclic amines) is 1. The minimum atomic E-state index is -1.61. The van der Waals surface area contributed by atoms with Crippen LogP contribution in [0, 0.1) is 17.7 Å². The number of hydrogen-bond acceptors (Lipinski definition) is 5. The van der Waals surface area contributed by atoms with Gasteiger partial charge in [-0.15, -0.1) is 0 Å². The molecule has 1 heterocycles. The number of carbonyl (C=O) groups excluding carboxylic acids is 3. The number of benzene rings is 1. The van der Waals surface area contributed by atoms with Gasteiger partial charge in [0, 0.05) is 18.5 Å². The van der Waals surface area contributed by atoms with Crippen LogP contribution in [0.3, 0.4) is 0 Å². The van der Waals surface area contributed by atoms with Crippen molar-refractivity contribution in [2.75, 3.05) is 13.2 Å². The second-order valence-corrected chi connectivity index (χ2v) is 8.44. The average Bonchev–Trinajstić information content (AvgIpc) is 3.46. The van der Waals surface area contributed by atoms with Gasteiger partial charge >= 0.3 is 5.97 Å². The van der Waals surface area contributed by atoms with Gasteiger partial charge in [0.2, 0.25) is 11.8 Å². The number of amides is 2. The number of halogens is 1. The number of carboxylic acids is 1. The van der Waals surface area contributed by atoms with Crippen LogP contribution in [-0.2, 0) is 25.7 Å². The van der Waals surface area contributed by atoms with Crippen LogP contribution in [0.1, 0.15) is 38.7 Å². The lowest BCUT2D eigenvalue weighted by Gasteiger charge is -2.44. The lowest BCUT2D eigenvalue weighted by atomic mass is 9.82. The Morgan fingerprint density at radius 1 is 1.30 bits per heavy atom. The summed E-state index contributed by atoms with van der Waals surface area (Å²) in [4.78, 5) is 49.6. The number of nitrogens with zero attached hydrogens (tertiary/aromatic N) is 1. The molecule has 2 N–H and O–H groups in total. The normalized spacial score (nSPS) is 20.8. The van der Waals surface area contributed by atoms with E-state index in [1.807, 2.05) is 0 Å². The van der Waals surface area contributed by atoms with E-state index in [0.29, 0.717) is 18.1 Å². The highest BCUT2D eigenvalue weighted by molar-refractivity contribution is 6.20. The van der Waals surface area contributed by atoms with Crippen molar-refractivity contribution in [3.8, 4) is 5.75 Å². The maximum atomic E-state index is 14.4. The molecule has 1 aromatic carbocycles. The first kappa shape index (κ1) is 21.7. The third kappa shape index (κ3) is 4.95. The van der Waals surface area contributed by atoms with Crippen LogP contribution in [0.5, 0.6) is 5.75 Å². The van der Waals surface area contributed by atoms with E-state index in [4.69, 9.17) is 9.84 Å². The fraction of sp³-hybridized carbons (Fsp3) is 0.524. The molecule has 0 bridgehead atoms. The molecule has 9 heteroatoms. The molecular weight excluding hydrogens is 395 g/mol. The third-order valence-corrected chi connectivity index (χ3v) is 5.36. The van der Waals surface area contributed by atoms with Crippen molar-refractivity contribution in [3.63, 3.8) is 0 Å². The molecule has 1 saturated heterocycles. The number of ether oxygens (including phenoxy) is 1. The molecule has 1 atom stereocenters. The molecule has 1 aliphatic heterocycles. The molecule has 2 fully saturated rings. The first-order valence-corrected chi connectivity index (χ1v) is 9.83. The summed E-state index contributed by atoms with van der Waals surface area (Å²) < 4.78 is 19.9. The highest BCUT2D eigenvalue weighted by Gasteiger charge is 2.48. The van der Waals surface area contributed by atoms with Crippen molar-refractivity contribution >= 4 is 23.6 Å². The number of hydrogen-bond donors (Lipinski definition) is 2. The van der Waals surface area contributed by atoms with Crippen molar-refractivity contribution in [3.05, 3.63) is 29.6 Å². The van der Waals surface area contributed by atoms with Crippen molar-refractivity contribution in [1.82, 2.24) is 10.2 Å². The number of nitrogens with one attached hydrogen (secondary N) is 1. The van der Waals surface area contributed by atoms with E-state index in [1.165, 1.54) is 17.0 Å². The number of rotatable bonds is 8. The van der Waals surface area contributed by atoms with Gasteiger partial charge in [0.25, 0.3) is 0 Å². The lowest BCUT2D eigenvalue weighted by Crippen LogP contribution is -2.60. The van der Waals surface area contributed by atoms with Crippen LogP contribution in [0.4, 0.5) is 4.39 Å². The monoisotopic (exact) mass is 420 g/mol. The molecule has 3 rings (SSSR count). The third-order valence-electron chi connectivity index (χ3n) is 5.36. The molecule has 2 amide bonds. The molecular formula is C21H25FN2O6. The average molecular weight is 420 g/mol. The molecule has 2 aliphatic rings. The number of Topliss-reactive ketones (excluding diaryl/α,β-unsaturated/α-hetero) is 1. The molecule has 1 aromatic rings. The number of aliphatic carboxylic acids is 1. The fourth-order valence-corrected chi connectivity index (χ4v) is 3.47. The molecule has 30 heavy (non-hydrogen) atoms. The van der Waals surface area contributed by atoms with E-state index in [1.54, 1.807) is 19.9 Å². The Bertz CT molecular complexity index is 880. The van der Waals surface area contributed by atoms with Gasteiger partial charge in [0.15, 0.2) is 23.3 Å². The second-order valence-electron chi connectivity index (χ2n) is 8.44. The Morgan fingerprint density at radius 2 is 2.00 bits per heavy atom. The quantitative estimate of drug-likeness (QED) is 0.617. The van der Waals surface area contributed by atoms with Crippen LogP contribution in [0.25, 0.3) is 0 Å². The molecule has 1 aliphatic carbocycles. The van der Waals surface area contributed by atoms with E-state index in [-0.39, 0.29) is 18.7 Å². The Kier molecular flexibility index (Phi) is 6.09. The van der Waals surface area contributed by atoms with Crippen LogP contribution < -0.4 is 10.1 Å². The second kappa shape index (κ2) is 8.41. The van der Waals surface area contributed by atoms with Crippen LogP contribution >= 0.6 is 0 Å². The predicted octanol–water partition coefficient (Wildman–Crippen LogP) is 1.51. The largest absolute Gasteiger partial charge is 0.490 e. The van der Waals surface area contributed by atoms with Crippen molar-refractivity contribution < 1.29 is 33.4 Å². The summed E-state index contributed by atoms with van der Waals surface area (Å²) in [5.41, 5.74) is -0.387. The fourth-order valence-electron chi connectivity index (χ4n) is 3.47. The Labute approximate surface area is 173 Å². The number of carboxylic acid groups (broad SMARTS) is 1. The standard InChI is InChI=1S/C21H25FN2O6/c1-21(2)8-15(25)18(19(28)23-9-17(26)27)20(29)24(21)10-13-5-6-16(14(22)7-13)30-11-12-3-4-12/h5-7,12,18H,3-4,8-11H2,1-2H3,(H,23,28)(H,26,27). The van der Waals surface area contributed by atoms with Gasteiger partial charge in [-0.1, -0.05) is 6.07 Å². The minimum absolute atomic E-state index is 0.00164. The lowest BCUT2D eigenvalue weighted by molar-refractivity contribution is -0.158. The molecule has 1 unspecified atom stereocenters. The van der Waals surface area contributed by atoms with Gasteiger partial charge in [-0.25, -0.2) is 4.39 Å². The highest BCUT2D eigenvalue weighted by atomic mass is 19.1. The van der Waals surface area contributed by atoms with E-state index < -0.39 is 47.4 Å². The molecule has 8 nitrogen and oxygen atoms in total. The van der Waals surface area contributed by atoms with E-state index in [0.717, 1.165) is 12.8 Å². The SMILES string of the molecule is CC1(C)CC(=O)C(C(=O)NCC(=O)O)C(=O)N1Cc1ccc(OCC2CC2)c(F)c1. The van der Waals surface area contributed by atoms with E-state index in [9.17, 15) is 23.6 Å². The van der Waals surface area contributed by atoms with Crippen LogP contribution in [-0.4, -0.2) is 52.3 Å². The highest BCUT2D eigenvalue weighted by Crippen LogP contribution is 2.33. The van der Waals surface area contributed by atoms with Gasteiger partial charge in [-0.3, -0.25) is 19.2 Å². The zero-order valence-electron chi connectivity index (χ0n) is 16.9. The first-order valence-electron chi connectivity index (χ1n) is 9.83. The summed E-state index contributed by atoms with van der Waals surface area (Å²) in [6.45, 7) is 3.17. The topological polar surface area (TPSA) is 113 Å². The van der Waals surface area contributed by atoms with Crippen molar-refractivity contribution in [1.29, 1.82) is 0 Å². The summed E-state index contributed by atoms with van der Waals surface area (Å²) in [6.07, 6.45) is 2.10. The smallest absolute Gasteiger partial charge is 0.322 e. The number of carbonyl (C=O) groups is 4. The summed E-state index contributed by atoms with van der Waals surface area (Å²) >= 11 is 0. The van der Waals surface area contributed by atoms with Gasteiger partial charge < -0.3 is 20.1 Å². The van der Waals surface area contributed by atoms with Gasteiger partial charge in [-0.2, -0.15) is 0 Å². The zero-order chi connectivity index (χ0) is 22.1. The summed E-state index contributed by atoms with van der Waals surface area (Å²) in [5.74, 6) is -5.04. The van der Waals surface area contributed by atoms with Gasteiger partial charge in [0.1, 0.15) is 6.54 Å². The van der Waals surface area contributed by atoms with Crippen molar-refractivity contribution in [2.45, 2.75) is 45.2 Å². The Hall–Kier alpha value is -2.97.